The summed E-state index contributed by atoms with van der Waals surface area (Å²) in [5.74, 6) is 0.810. The van der Waals surface area contributed by atoms with Crippen molar-refractivity contribution in [3.63, 3.8) is 0 Å². The molecule has 3 rings (SSSR count). The molecule has 0 saturated carbocycles. The highest BCUT2D eigenvalue weighted by Gasteiger charge is 2.09. The lowest BCUT2D eigenvalue weighted by atomic mass is 10.1. The van der Waals surface area contributed by atoms with E-state index in [1.54, 1.807) is 31.2 Å². The van der Waals surface area contributed by atoms with E-state index in [0.717, 1.165) is 17.7 Å². The highest BCUT2D eigenvalue weighted by molar-refractivity contribution is 6.04. The van der Waals surface area contributed by atoms with Gasteiger partial charge < -0.3 is 9.73 Å². The number of anilines is 1. The Morgan fingerprint density at radius 3 is 2.30 bits per heavy atom. The van der Waals surface area contributed by atoms with Crippen LogP contribution in [0.5, 0.6) is 0 Å². The lowest BCUT2D eigenvalue weighted by Crippen LogP contribution is -2.11. The highest BCUT2D eigenvalue weighted by atomic mass is 16.4. The fraction of sp³-hybridized carbons (Fsp3) is 0.167. The molecular weight excluding hydrogens is 290 g/mol. The van der Waals surface area contributed by atoms with Crippen LogP contribution in [0.25, 0.3) is 11.5 Å². The smallest absolute Gasteiger partial charge is 0.255 e. The van der Waals surface area contributed by atoms with Gasteiger partial charge >= 0.3 is 0 Å². The first kappa shape index (κ1) is 15.0. The summed E-state index contributed by atoms with van der Waals surface area (Å²) in [5.41, 5.74) is 3.38. The molecule has 0 fully saturated rings. The largest absolute Gasteiger partial charge is 0.421 e. The van der Waals surface area contributed by atoms with Gasteiger partial charge in [-0.15, -0.1) is 10.2 Å². The molecule has 1 amide bonds. The Morgan fingerprint density at radius 2 is 1.74 bits per heavy atom. The molecule has 23 heavy (non-hydrogen) atoms. The number of amides is 1. The highest BCUT2D eigenvalue weighted by Crippen LogP contribution is 2.19. The summed E-state index contributed by atoms with van der Waals surface area (Å²) < 4.78 is 5.36. The van der Waals surface area contributed by atoms with Gasteiger partial charge in [0.25, 0.3) is 5.91 Å². The second-order valence-corrected chi connectivity index (χ2v) is 5.21. The molecule has 5 nitrogen and oxygen atoms in total. The average Bonchev–Trinajstić information content (AvgIpc) is 3.02. The summed E-state index contributed by atoms with van der Waals surface area (Å²) in [7, 11) is 0. The minimum Gasteiger partial charge on any atom is -0.421 e. The molecule has 0 aliphatic heterocycles. The van der Waals surface area contributed by atoms with E-state index in [1.165, 1.54) is 5.56 Å². The molecule has 1 N–H and O–H groups in total. The topological polar surface area (TPSA) is 68.0 Å². The van der Waals surface area contributed by atoms with Gasteiger partial charge in [0.05, 0.1) is 0 Å². The van der Waals surface area contributed by atoms with Gasteiger partial charge in [0, 0.05) is 23.7 Å². The fourth-order valence-electron chi connectivity index (χ4n) is 2.20. The van der Waals surface area contributed by atoms with Crippen LogP contribution >= 0.6 is 0 Å². The first-order valence-corrected chi connectivity index (χ1v) is 7.46. The lowest BCUT2D eigenvalue weighted by Gasteiger charge is -2.06. The summed E-state index contributed by atoms with van der Waals surface area (Å²) in [6.45, 7) is 3.84. The number of hydrogen-bond donors (Lipinski definition) is 1. The summed E-state index contributed by atoms with van der Waals surface area (Å²) >= 11 is 0. The van der Waals surface area contributed by atoms with Gasteiger partial charge in [0.1, 0.15) is 0 Å². The standard InChI is InChI=1S/C18H17N3O2/c1-3-13-4-10-16(11-5-13)19-17(22)14-6-8-15(9-7-14)18-21-20-12(2)23-18/h4-11H,3H2,1-2H3,(H,19,22). The molecular formula is C18H17N3O2. The molecule has 0 bridgehead atoms. The molecule has 0 aliphatic carbocycles. The van der Waals surface area contributed by atoms with Crippen LogP contribution in [-0.2, 0) is 6.42 Å². The van der Waals surface area contributed by atoms with Crippen molar-refractivity contribution in [2.45, 2.75) is 20.3 Å². The van der Waals surface area contributed by atoms with Crippen molar-refractivity contribution in [3.8, 4) is 11.5 Å². The van der Waals surface area contributed by atoms with Gasteiger partial charge in [-0.1, -0.05) is 19.1 Å². The van der Waals surface area contributed by atoms with E-state index in [1.807, 2.05) is 24.3 Å². The number of nitrogens with zero attached hydrogens (tertiary/aromatic N) is 2. The molecule has 0 atom stereocenters. The van der Waals surface area contributed by atoms with Crippen LogP contribution in [0.4, 0.5) is 5.69 Å². The Kier molecular flexibility index (Phi) is 4.19. The van der Waals surface area contributed by atoms with Crippen LogP contribution < -0.4 is 5.32 Å². The minimum absolute atomic E-state index is 0.150. The van der Waals surface area contributed by atoms with E-state index in [0.29, 0.717) is 17.3 Å². The first-order valence-electron chi connectivity index (χ1n) is 7.46. The molecule has 0 radical (unpaired) electrons. The number of aromatic nitrogens is 2. The number of carbonyl (C=O) groups excluding carboxylic acids is 1. The van der Waals surface area contributed by atoms with Crippen molar-refractivity contribution in [3.05, 3.63) is 65.5 Å². The van der Waals surface area contributed by atoms with E-state index in [-0.39, 0.29) is 5.91 Å². The van der Waals surface area contributed by atoms with Crippen LogP contribution in [0.15, 0.2) is 52.9 Å². The van der Waals surface area contributed by atoms with Gasteiger partial charge in [-0.25, -0.2) is 0 Å². The first-order chi connectivity index (χ1) is 11.2. The maximum Gasteiger partial charge on any atom is 0.255 e. The summed E-state index contributed by atoms with van der Waals surface area (Å²) in [6, 6.07) is 14.9. The minimum atomic E-state index is -0.150. The van der Waals surface area contributed by atoms with Gasteiger partial charge in [0.2, 0.25) is 11.8 Å². The number of benzene rings is 2. The van der Waals surface area contributed by atoms with Crippen LogP contribution in [-0.4, -0.2) is 16.1 Å². The predicted octanol–water partition coefficient (Wildman–Crippen LogP) is 3.86. The monoisotopic (exact) mass is 307 g/mol. The summed E-state index contributed by atoms with van der Waals surface area (Å²) in [4.78, 5) is 12.3. The van der Waals surface area contributed by atoms with Crippen molar-refractivity contribution in [1.29, 1.82) is 0 Å². The molecule has 1 heterocycles. The number of nitrogens with one attached hydrogen (secondary N) is 1. The SMILES string of the molecule is CCc1ccc(NC(=O)c2ccc(-c3nnc(C)o3)cc2)cc1. The second kappa shape index (κ2) is 6.44. The number of hydrogen-bond acceptors (Lipinski definition) is 4. The van der Waals surface area contributed by atoms with Crippen LogP contribution in [0.1, 0.15) is 28.7 Å². The van der Waals surface area contributed by atoms with Gasteiger partial charge in [-0.2, -0.15) is 0 Å². The Bertz CT molecular complexity index is 805. The Labute approximate surface area is 134 Å². The summed E-state index contributed by atoms with van der Waals surface area (Å²) in [5, 5.41) is 10.6. The predicted molar refractivity (Wildman–Crippen MR) is 88.2 cm³/mol. The molecule has 0 saturated heterocycles. The van der Waals surface area contributed by atoms with E-state index in [9.17, 15) is 4.79 Å². The third-order valence-corrected chi connectivity index (χ3v) is 3.54. The van der Waals surface area contributed by atoms with Crippen molar-refractivity contribution < 1.29 is 9.21 Å². The molecule has 5 heteroatoms. The van der Waals surface area contributed by atoms with E-state index >= 15 is 0 Å². The van der Waals surface area contributed by atoms with Crippen LogP contribution in [0, 0.1) is 6.92 Å². The zero-order chi connectivity index (χ0) is 16.2. The van der Waals surface area contributed by atoms with E-state index in [2.05, 4.69) is 22.4 Å². The molecule has 0 unspecified atom stereocenters. The fourth-order valence-corrected chi connectivity index (χ4v) is 2.20. The Hall–Kier alpha value is -2.95. The van der Waals surface area contributed by atoms with Crippen molar-refractivity contribution in [1.82, 2.24) is 10.2 Å². The Balaban J connectivity index is 1.72. The molecule has 0 spiro atoms. The lowest BCUT2D eigenvalue weighted by molar-refractivity contribution is 0.102. The van der Waals surface area contributed by atoms with E-state index < -0.39 is 0 Å². The molecule has 116 valence electrons. The van der Waals surface area contributed by atoms with Crippen molar-refractivity contribution >= 4 is 11.6 Å². The van der Waals surface area contributed by atoms with Crippen molar-refractivity contribution in [2.24, 2.45) is 0 Å². The Morgan fingerprint density at radius 1 is 1.04 bits per heavy atom. The van der Waals surface area contributed by atoms with E-state index in [4.69, 9.17) is 4.42 Å². The third-order valence-electron chi connectivity index (χ3n) is 3.54. The molecule has 3 aromatic rings. The van der Waals surface area contributed by atoms with Gasteiger partial charge in [-0.3, -0.25) is 4.79 Å². The third kappa shape index (κ3) is 3.45. The number of carbonyl (C=O) groups is 1. The normalized spacial score (nSPS) is 10.5. The summed E-state index contributed by atoms with van der Waals surface area (Å²) in [6.07, 6.45) is 0.977. The molecule has 1 aromatic heterocycles. The second-order valence-electron chi connectivity index (χ2n) is 5.21. The van der Waals surface area contributed by atoms with Crippen LogP contribution in [0.3, 0.4) is 0 Å². The van der Waals surface area contributed by atoms with Crippen molar-refractivity contribution in [2.75, 3.05) is 5.32 Å². The van der Waals surface area contributed by atoms with Gasteiger partial charge in [0.15, 0.2) is 0 Å². The quantitative estimate of drug-likeness (QED) is 0.794. The molecule has 0 aliphatic rings. The molecule has 2 aromatic carbocycles. The average molecular weight is 307 g/mol. The zero-order valence-electron chi connectivity index (χ0n) is 13.0. The number of rotatable bonds is 4. The van der Waals surface area contributed by atoms with Gasteiger partial charge in [-0.05, 0) is 48.4 Å². The maximum atomic E-state index is 12.3. The zero-order valence-corrected chi connectivity index (χ0v) is 13.0. The maximum absolute atomic E-state index is 12.3. The van der Waals surface area contributed by atoms with Crippen LogP contribution in [0.2, 0.25) is 0 Å². The number of aryl methyl sites for hydroxylation is 2.